The fourth-order valence-corrected chi connectivity index (χ4v) is 3.99. The van der Waals surface area contributed by atoms with Crippen LogP contribution in [0.5, 0.6) is 5.75 Å². The lowest BCUT2D eigenvalue weighted by Crippen LogP contribution is -2.29. The van der Waals surface area contributed by atoms with Crippen LogP contribution in [0.1, 0.15) is 48.3 Å². The smallest absolute Gasteiger partial charge is 0.296 e. The molecule has 1 aromatic heterocycles. The molecule has 1 amide bonds. The summed E-state index contributed by atoms with van der Waals surface area (Å²) in [4.78, 5) is 27.4. The fourth-order valence-electron chi connectivity index (χ4n) is 3.99. The third-order valence-corrected chi connectivity index (χ3v) is 5.79. The topological polar surface area (TPSA) is 80.0 Å². The fraction of sp³-hybridized carbons (Fsp3) is 0.231. The summed E-state index contributed by atoms with van der Waals surface area (Å²) in [6.07, 6.45) is 1.48. The Morgan fingerprint density at radius 2 is 1.88 bits per heavy atom. The molecule has 0 spiro atoms. The molecule has 0 aliphatic carbocycles. The first-order chi connectivity index (χ1) is 15.8. The van der Waals surface area contributed by atoms with E-state index in [9.17, 15) is 19.1 Å². The van der Waals surface area contributed by atoms with Gasteiger partial charge in [-0.25, -0.2) is 4.39 Å². The van der Waals surface area contributed by atoms with Crippen LogP contribution in [0.2, 0.25) is 0 Å². The standard InChI is InChI=1S/C26H24FNO5/c1-15(2)16-6-8-17(9-7-16)23-22(24(29)18-10-11-21(32-3)20(27)13-18)25(30)26(31)28(23)14-19-5-4-12-33-19/h4-13,15,23,29H,14H2,1-3H3/b24-22-. The van der Waals surface area contributed by atoms with E-state index in [1.165, 1.54) is 30.4 Å². The Labute approximate surface area is 190 Å². The Morgan fingerprint density at radius 1 is 1.15 bits per heavy atom. The molecule has 7 heteroatoms. The normalized spacial score (nSPS) is 17.7. The highest BCUT2D eigenvalue weighted by molar-refractivity contribution is 6.46. The molecular formula is C26H24FNO5. The van der Waals surface area contributed by atoms with Gasteiger partial charge in [-0.2, -0.15) is 0 Å². The summed E-state index contributed by atoms with van der Waals surface area (Å²) in [5.41, 5.74) is 1.72. The number of methoxy groups -OCH3 is 1. The van der Waals surface area contributed by atoms with Gasteiger partial charge in [0.25, 0.3) is 11.7 Å². The van der Waals surface area contributed by atoms with Crippen molar-refractivity contribution in [2.75, 3.05) is 7.11 Å². The average Bonchev–Trinajstić information content (AvgIpc) is 3.41. The molecule has 1 aliphatic rings. The SMILES string of the molecule is COc1ccc(/C(O)=C2/C(=O)C(=O)N(Cc3ccco3)C2c2ccc(C(C)C)cc2)cc1F. The van der Waals surface area contributed by atoms with Gasteiger partial charge in [0.1, 0.15) is 11.5 Å². The zero-order valence-electron chi connectivity index (χ0n) is 18.5. The molecule has 1 aliphatic heterocycles. The molecule has 0 saturated carbocycles. The molecule has 1 unspecified atom stereocenters. The van der Waals surface area contributed by atoms with Crippen molar-refractivity contribution in [3.05, 3.63) is 94.7 Å². The molecule has 2 heterocycles. The minimum absolute atomic E-state index is 0.00523. The van der Waals surface area contributed by atoms with Crippen LogP contribution in [-0.2, 0) is 16.1 Å². The van der Waals surface area contributed by atoms with E-state index in [2.05, 4.69) is 13.8 Å². The summed E-state index contributed by atoms with van der Waals surface area (Å²) in [5, 5.41) is 11.1. The number of aliphatic hydroxyl groups excluding tert-OH is 1. The van der Waals surface area contributed by atoms with Gasteiger partial charge in [0.2, 0.25) is 0 Å². The summed E-state index contributed by atoms with van der Waals surface area (Å²) in [5.74, 6) is -1.94. The molecule has 1 N–H and O–H groups in total. The second-order valence-corrected chi connectivity index (χ2v) is 8.18. The maximum Gasteiger partial charge on any atom is 0.296 e. The molecule has 1 saturated heterocycles. The van der Waals surface area contributed by atoms with Gasteiger partial charge in [0.05, 0.1) is 31.5 Å². The van der Waals surface area contributed by atoms with Crippen molar-refractivity contribution in [3.8, 4) is 5.75 Å². The summed E-state index contributed by atoms with van der Waals surface area (Å²) in [6, 6.07) is 13.9. The van der Waals surface area contributed by atoms with E-state index in [0.717, 1.165) is 11.6 Å². The molecule has 1 fully saturated rings. The summed E-state index contributed by atoms with van der Waals surface area (Å²) >= 11 is 0. The van der Waals surface area contributed by atoms with E-state index >= 15 is 0 Å². The van der Waals surface area contributed by atoms with Crippen LogP contribution in [0.4, 0.5) is 4.39 Å². The van der Waals surface area contributed by atoms with Crippen molar-refractivity contribution in [3.63, 3.8) is 0 Å². The van der Waals surface area contributed by atoms with Crippen molar-refractivity contribution >= 4 is 17.4 Å². The van der Waals surface area contributed by atoms with Crippen LogP contribution < -0.4 is 4.74 Å². The second-order valence-electron chi connectivity index (χ2n) is 8.18. The van der Waals surface area contributed by atoms with Crippen LogP contribution >= 0.6 is 0 Å². The van der Waals surface area contributed by atoms with Crippen molar-refractivity contribution in [1.29, 1.82) is 0 Å². The molecule has 6 nitrogen and oxygen atoms in total. The number of ether oxygens (including phenoxy) is 1. The Bertz CT molecular complexity index is 1210. The maximum absolute atomic E-state index is 14.3. The zero-order chi connectivity index (χ0) is 23.7. The minimum Gasteiger partial charge on any atom is -0.507 e. The van der Waals surface area contributed by atoms with Gasteiger partial charge in [-0.05, 0) is 47.4 Å². The number of hydrogen-bond acceptors (Lipinski definition) is 5. The summed E-state index contributed by atoms with van der Waals surface area (Å²) in [6.45, 7) is 4.17. The third-order valence-electron chi connectivity index (χ3n) is 5.79. The Morgan fingerprint density at radius 3 is 2.45 bits per heavy atom. The highest BCUT2D eigenvalue weighted by atomic mass is 19.1. The van der Waals surface area contributed by atoms with Crippen LogP contribution in [0.25, 0.3) is 5.76 Å². The van der Waals surface area contributed by atoms with Crippen molar-refractivity contribution in [1.82, 2.24) is 4.90 Å². The third kappa shape index (κ3) is 4.14. The lowest BCUT2D eigenvalue weighted by Gasteiger charge is -2.25. The van der Waals surface area contributed by atoms with Gasteiger partial charge in [-0.15, -0.1) is 0 Å². The zero-order valence-corrected chi connectivity index (χ0v) is 18.5. The van der Waals surface area contributed by atoms with Gasteiger partial charge >= 0.3 is 0 Å². The molecule has 0 bridgehead atoms. The lowest BCUT2D eigenvalue weighted by atomic mass is 9.93. The number of hydrogen-bond donors (Lipinski definition) is 1. The second kappa shape index (κ2) is 8.94. The summed E-state index contributed by atoms with van der Waals surface area (Å²) < 4.78 is 24.6. The van der Waals surface area contributed by atoms with Crippen LogP contribution in [0.15, 0.2) is 70.9 Å². The monoisotopic (exact) mass is 449 g/mol. The van der Waals surface area contributed by atoms with Gasteiger partial charge in [-0.1, -0.05) is 38.1 Å². The number of halogens is 1. The van der Waals surface area contributed by atoms with Gasteiger partial charge in [0, 0.05) is 5.56 Å². The highest BCUT2D eigenvalue weighted by Gasteiger charge is 2.46. The number of aliphatic hydroxyl groups is 1. The molecule has 1 atom stereocenters. The van der Waals surface area contributed by atoms with E-state index in [-0.39, 0.29) is 23.4 Å². The first kappa shape index (κ1) is 22.3. The van der Waals surface area contributed by atoms with E-state index < -0.39 is 29.3 Å². The van der Waals surface area contributed by atoms with Crippen molar-refractivity contribution in [2.45, 2.75) is 32.4 Å². The number of benzene rings is 2. The van der Waals surface area contributed by atoms with E-state index in [1.807, 2.05) is 24.3 Å². The number of Topliss-reactive ketones (excluding diaryl/α,β-unsaturated/α-hetero) is 1. The van der Waals surface area contributed by atoms with E-state index in [1.54, 1.807) is 12.1 Å². The minimum atomic E-state index is -0.860. The molecule has 33 heavy (non-hydrogen) atoms. The number of likely N-dealkylation sites (tertiary alicyclic amines) is 1. The predicted octanol–water partition coefficient (Wildman–Crippen LogP) is 5.17. The molecule has 170 valence electrons. The van der Waals surface area contributed by atoms with Crippen LogP contribution in [-0.4, -0.2) is 28.8 Å². The Kier molecular flexibility index (Phi) is 6.05. The van der Waals surface area contributed by atoms with Gasteiger partial charge in [-0.3, -0.25) is 9.59 Å². The van der Waals surface area contributed by atoms with Crippen molar-refractivity contribution in [2.24, 2.45) is 0 Å². The molecule has 4 rings (SSSR count). The largest absolute Gasteiger partial charge is 0.507 e. The Hall–Kier alpha value is -3.87. The number of furan rings is 1. The molecule has 3 aromatic rings. The number of amides is 1. The van der Waals surface area contributed by atoms with Crippen LogP contribution in [0, 0.1) is 5.82 Å². The first-order valence-corrected chi connectivity index (χ1v) is 10.6. The Balaban J connectivity index is 1.85. The number of nitrogens with zero attached hydrogens (tertiary/aromatic N) is 1. The highest BCUT2D eigenvalue weighted by Crippen LogP contribution is 2.41. The lowest BCUT2D eigenvalue weighted by molar-refractivity contribution is -0.140. The number of carbonyl (C=O) groups excluding carboxylic acids is 2. The van der Waals surface area contributed by atoms with Crippen LogP contribution in [0.3, 0.4) is 0 Å². The first-order valence-electron chi connectivity index (χ1n) is 10.6. The maximum atomic E-state index is 14.3. The molecular weight excluding hydrogens is 425 g/mol. The van der Waals surface area contributed by atoms with Gasteiger partial charge in [0.15, 0.2) is 11.6 Å². The average molecular weight is 449 g/mol. The molecule has 0 radical (unpaired) electrons. The van der Waals surface area contributed by atoms with Crippen molar-refractivity contribution < 1.29 is 28.2 Å². The quantitative estimate of drug-likeness (QED) is 0.319. The molecule has 2 aromatic carbocycles. The van der Waals surface area contributed by atoms with E-state index in [4.69, 9.17) is 9.15 Å². The number of ketones is 1. The predicted molar refractivity (Wildman–Crippen MR) is 120 cm³/mol. The summed E-state index contributed by atoms with van der Waals surface area (Å²) in [7, 11) is 1.33. The van der Waals surface area contributed by atoms with Gasteiger partial charge < -0.3 is 19.2 Å². The van der Waals surface area contributed by atoms with E-state index in [0.29, 0.717) is 17.2 Å². The number of carbonyl (C=O) groups is 2. The number of rotatable bonds is 6.